The van der Waals surface area contributed by atoms with E-state index in [2.05, 4.69) is 26.0 Å². The standard InChI is InChI=1S/C22H32O4/c1-20-10-4-3-5-14(20)6-7-15-16(20)8-11-21(2)17(15)9-12-22(21,19(25)26)13-18(23)24/h6,9,12,15-18,23-24H,3-5,7-8,10-11,13H2,1-2H3,(H,25,26)/t15-,16+,17+,20+,21+,22-/m1/s1. The molecule has 4 aliphatic carbocycles. The van der Waals surface area contributed by atoms with Crippen LogP contribution in [0.4, 0.5) is 0 Å². The minimum Gasteiger partial charge on any atom is -0.481 e. The number of carbonyl (C=O) groups is 1. The molecule has 0 heterocycles. The summed E-state index contributed by atoms with van der Waals surface area (Å²) in [6, 6.07) is 0. The summed E-state index contributed by atoms with van der Waals surface area (Å²) in [5.41, 5.74) is 0.307. The molecule has 4 rings (SSSR count). The largest absolute Gasteiger partial charge is 0.481 e. The molecule has 2 fully saturated rings. The fourth-order valence-electron chi connectivity index (χ4n) is 7.28. The predicted octanol–water partition coefficient (Wildman–Crippen LogP) is 3.89. The molecule has 0 aromatic carbocycles. The Bertz CT molecular complexity index is 665. The molecular formula is C22H32O4. The van der Waals surface area contributed by atoms with Crippen LogP contribution >= 0.6 is 0 Å². The van der Waals surface area contributed by atoms with E-state index in [0.29, 0.717) is 11.8 Å². The van der Waals surface area contributed by atoms with Crippen LogP contribution < -0.4 is 0 Å². The average molecular weight is 360 g/mol. The zero-order valence-corrected chi connectivity index (χ0v) is 15.9. The highest BCUT2D eigenvalue weighted by molar-refractivity contribution is 5.79. The lowest BCUT2D eigenvalue weighted by molar-refractivity contribution is -0.170. The molecule has 0 saturated heterocycles. The highest BCUT2D eigenvalue weighted by atomic mass is 16.5. The Morgan fingerprint density at radius 1 is 1.27 bits per heavy atom. The third-order valence-electron chi connectivity index (χ3n) is 8.76. The van der Waals surface area contributed by atoms with Crippen molar-refractivity contribution in [2.24, 2.45) is 34.0 Å². The zero-order valence-electron chi connectivity index (χ0n) is 15.9. The quantitative estimate of drug-likeness (QED) is 0.527. The lowest BCUT2D eigenvalue weighted by Crippen LogP contribution is -2.55. The van der Waals surface area contributed by atoms with Gasteiger partial charge in [0.1, 0.15) is 0 Å². The summed E-state index contributed by atoms with van der Waals surface area (Å²) in [6.07, 6.45) is 12.7. The van der Waals surface area contributed by atoms with Gasteiger partial charge in [-0.3, -0.25) is 4.79 Å². The Balaban J connectivity index is 1.71. The van der Waals surface area contributed by atoms with E-state index >= 15 is 0 Å². The van der Waals surface area contributed by atoms with Crippen molar-refractivity contribution < 1.29 is 20.1 Å². The summed E-state index contributed by atoms with van der Waals surface area (Å²) >= 11 is 0. The number of aliphatic carboxylic acids is 1. The zero-order chi connectivity index (χ0) is 18.7. The van der Waals surface area contributed by atoms with Crippen LogP contribution in [-0.4, -0.2) is 27.6 Å². The highest BCUT2D eigenvalue weighted by Gasteiger charge is 2.64. The van der Waals surface area contributed by atoms with Gasteiger partial charge in [0.15, 0.2) is 6.29 Å². The van der Waals surface area contributed by atoms with Crippen LogP contribution in [-0.2, 0) is 4.79 Å². The SMILES string of the molecule is C[C@]12CCCCC1=CC[C@@H]1[C@@H]2CC[C@@]2(C)[C@H]1C=C[C@@]2(CC(O)O)C(=O)O. The summed E-state index contributed by atoms with van der Waals surface area (Å²) in [5.74, 6) is 0.372. The second-order valence-corrected chi connectivity index (χ2v) is 9.66. The van der Waals surface area contributed by atoms with Gasteiger partial charge in [0.2, 0.25) is 0 Å². The number of aliphatic hydroxyl groups is 2. The number of allylic oxidation sites excluding steroid dienone is 3. The van der Waals surface area contributed by atoms with Crippen molar-refractivity contribution in [1.29, 1.82) is 0 Å². The maximum Gasteiger partial charge on any atom is 0.314 e. The predicted molar refractivity (Wildman–Crippen MR) is 99.1 cm³/mol. The van der Waals surface area contributed by atoms with E-state index in [-0.39, 0.29) is 17.8 Å². The van der Waals surface area contributed by atoms with Gasteiger partial charge in [-0.05, 0) is 67.1 Å². The molecule has 144 valence electrons. The molecule has 0 aliphatic heterocycles. The number of fused-ring (bicyclic) bond motifs is 5. The topological polar surface area (TPSA) is 77.8 Å². The van der Waals surface area contributed by atoms with Crippen LogP contribution in [0.3, 0.4) is 0 Å². The van der Waals surface area contributed by atoms with Gasteiger partial charge >= 0.3 is 5.97 Å². The number of rotatable bonds is 3. The Kier molecular flexibility index (Phi) is 4.16. The van der Waals surface area contributed by atoms with E-state index in [4.69, 9.17) is 0 Å². The number of carboxylic acids is 1. The van der Waals surface area contributed by atoms with Crippen molar-refractivity contribution in [3.63, 3.8) is 0 Å². The molecule has 0 radical (unpaired) electrons. The first-order valence-electron chi connectivity index (χ1n) is 10.2. The minimum atomic E-state index is -1.60. The van der Waals surface area contributed by atoms with Crippen LogP contribution in [0.1, 0.15) is 65.2 Å². The van der Waals surface area contributed by atoms with Crippen LogP contribution in [0, 0.1) is 34.0 Å². The monoisotopic (exact) mass is 360 g/mol. The fraction of sp³-hybridized carbons (Fsp3) is 0.773. The van der Waals surface area contributed by atoms with E-state index in [0.717, 1.165) is 19.3 Å². The summed E-state index contributed by atoms with van der Waals surface area (Å²) in [6.45, 7) is 4.52. The summed E-state index contributed by atoms with van der Waals surface area (Å²) in [7, 11) is 0. The van der Waals surface area contributed by atoms with Gasteiger partial charge in [0.05, 0.1) is 5.41 Å². The molecule has 0 bridgehead atoms. The van der Waals surface area contributed by atoms with Gasteiger partial charge in [-0.25, -0.2) is 0 Å². The van der Waals surface area contributed by atoms with E-state index < -0.39 is 23.1 Å². The third-order valence-corrected chi connectivity index (χ3v) is 8.76. The first kappa shape index (κ1) is 18.2. The molecule has 0 unspecified atom stereocenters. The smallest absolute Gasteiger partial charge is 0.314 e. The van der Waals surface area contributed by atoms with Crippen LogP contribution in [0.2, 0.25) is 0 Å². The van der Waals surface area contributed by atoms with Gasteiger partial charge in [0.25, 0.3) is 0 Å². The number of hydrogen-bond donors (Lipinski definition) is 3. The Morgan fingerprint density at radius 3 is 2.73 bits per heavy atom. The molecule has 0 aromatic rings. The molecule has 4 aliphatic rings. The Hall–Kier alpha value is -1.13. The molecule has 26 heavy (non-hydrogen) atoms. The normalized spacial score (nSPS) is 47.1. The van der Waals surface area contributed by atoms with Crippen LogP contribution in [0.15, 0.2) is 23.8 Å². The third kappa shape index (κ3) is 2.24. The maximum atomic E-state index is 12.3. The average Bonchev–Trinajstić information content (AvgIpc) is 2.87. The molecule has 0 aromatic heterocycles. The Labute approximate surface area is 156 Å². The molecule has 2 saturated carbocycles. The van der Waals surface area contributed by atoms with Crippen molar-refractivity contribution in [3.05, 3.63) is 23.8 Å². The molecular weight excluding hydrogens is 328 g/mol. The van der Waals surface area contributed by atoms with Crippen molar-refractivity contribution in [2.75, 3.05) is 0 Å². The van der Waals surface area contributed by atoms with Crippen LogP contribution in [0.25, 0.3) is 0 Å². The fourth-order valence-corrected chi connectivity index (χ4v) is 7.28. The molecule has 6 atom stereocenters. The van der Waals surface area contributed by atoms with E-state index in [1.54, 1.807) is 11.6 Å². The number of hydrogen-bond acceptors (Lipinski definition) is 3. The van der Waals surface area contributed by atoms with Gasteiger partial charge < -0.3 is 15.3 Å². The van der Waals surface area contributed by atoms with Crippen LogP contribution in [0.5, 0.6) is 0 Å². The van der Waals surface area contributed by atoms with Gasteiger partial charge in [-0.1, -0.05) is 44.1 Å². The maximum absolute atomic E-state index is 12.3. The number of carboxylic acid groups (broad SMARTS) is 1. The van der Waals surface area contributed by atoms with Crippen molar-refractivity contribution in [2.45, 2.75) is 71.5 Å². The summed E-state index contributed by atoms with van der Waals surface area (Å²) < 4.78 is 0. The van der Waals surface area contributed by atoms with E-state index in [9.17, 15) is 20.1 Å². The first-order chi connectivity index (χ1) is 12.2. The summed E-state index contributed by atoms with van der Waals surface area (Å²) in [4.78, 5) is 12.3. The summed E-state index contributed by atoms with van der Waals surface area (Å²) in [5, 5.41) is 29.3. The van der Waals surface area contributed by atoms with E-state index in [1.807, 2.05) is 0 Å². The second-order valence-electron chi connectivity index (χ2n) is 9.66. The van der Waals surface area contributed by atoms with Crippen molar-refractivity contribution in [3.8, 4) is 0 Å². The molecule has 4 heteroatoms. The molecule has 3 N–H and O–H groups in total. The van der Waals surface area contributed by atoms with Gasteiger partial charge in [-0.2, -0.15) is 0 Å². The van der Waals surface area contributed by atoms with Crippen molar-refractivity contribution in [1.82, 2.24) is 0 Å². The molecule has 0 amide bonds. The van der Waals surface area contributed by atoms with Gasteiger partial charge in [-0.15, -0.1) is 0 Å². The lowest BCUT2D eigenvalue weighted by atomic mass is 9.45. The van der Waals surface area contributed by atoms with Crippen molar-refractivity contribution >= 4 is 5.97 Å². The number of aliphatic hydroxyl groups excluding tert-OH is 1. The lowest BCUT2D eigenvalue weighted by Gasteiger charge is -2.59. The molecule has 0 spiro atoms. The van der Waals surface area contributed by atoms with Gasteiger partial charge in [0, 0.05) is 6.42 Å². The molecule has 4 nitrogen and oxygen atoms in total. The Morgan fingerprint density at radius 2 is 2.04 bits per heavy atom. The minimum absolute atomic E-state index is 0.123. The highest BCUT2D eigenvalue weighted by Crippen LogP contribution is 2.68. The van der Waals surface area contributed by atoms with E-state index in [1.165, 1.54) is 25.7 Å². The second kappa shape index (κ2) is 5.93. The first-order valence-corrected chi connectivity index (χ1v) is 10.2.